The van der Waals surface area contributed by atoms with Crippen LogP contribution in [-0.2, 0) is 16.1 Å². The summed E-state index contributed by atoms with van der Waals surface area (Å²) in [6.07, 6.45) is 0. The first-order valence-electron chi connectivity index (χ1n) is 7.31. The lowest BCUT2D eigenvalue weighted by atomic mass is 10.1. The highest BCUT2D eigenvalue weighted by Crippen LogP contribution is 2.11. The third-order valence-electron chi connectivity index (χ3n) is 3.38. The third-order valence-corrected chi connectivity index (χ3v) is 3.38. The van der Waals surface area contributed by atoms with Gasteiger partial charge in [-0.25, -0.2) is 4.79 Å². The Hall–Kier alpha value is -2.66. The molecule has 0 radical (unpaired) electrons. The lowest BCUT2D eigenvalue weighted by Crippen LogP contribution is -2.31. The number of benzene rings is 2. The summed E-state index contributed by atoms with van der Waals surface area (Å²) in [5.41, 5.74) is 2.02. The molecule has 5 heteroatoms. The molecule has 23 heavy (non-hydrogen) atoms. The van der Waals surface area contributed by atoms with Crippen LogP contribution in [0.25, 0.3) is 0 Å². The van der Waals surface area contributed by atoms with Crippen LogP contribution in [-0.4, -0.2) is 23.6 Å². The van der Waals surface area contributed by atoms with Crippen LogP contribution < -0.4 is 5.32 Å². The van der Waals surface area contributed by atoms with Gasteiger partial charge < -0.3 is 15.2 Å². The second-order valence-electron chi connectivity index (χ2n) is 5.13. The smallest absolute Gasteiger partial charge is 0.338 e. The van der Waals surface area contributed by atoms with Crippen molar-refractivity contribution >= 4 is 11.9 Å². The van der Waals surface area contributed by atoms with Gasteiger partial charge in [0.25, 0.3) is 5.91 Å². The zero-order valence-electron chi connectivity index (χ0n) is 12.9. The van der Waals surface area contributed by atoms with Crippen LogP contribution in [0.2, 0.25) is 0 Å². The van der Waals surface area contributed by atoms with Gasteiger partial charge in [0.1, 0.15) is 0 Å². The minimum absolute atomic E-state index is 0.0882. The molecule has 0 aliphatic heterocycles. The topological polar surface area (TPSA) is 75.6 Å². The number of rotatable bonds is 6. The van der Waals surface area contributed by atoms with Crippen LogP contribution in [0, 0.1) is 0 Å². The average Bonchev–Trinajstić information content (AvgIpc) is 2.60. The van der Waals surface area contributed by atoms with Crippen molar-refractivity contribution in [2.45, 2.75) is 19.6 Å². The van der Waals surface area contributed by atoms with E-state index in [1.165, 1.54) is 0 Å². The second-order valence-corrected chi connectivity index (χ2v) is 5.13. The van der Waals surface area contributed by atoms with Crippen molar-refractivity contribution in [1.29, 1.82) is 0 Å². The van der Waals surface area contributed by atoms with E-state index in [-0.39, 0.29) is 25.2 Å². The predicted octanol–water partition coefficient (Wildman–Crippen LogP) is 2.21. The molecule has 1 amide bonds. The largest absolute Gasteiger partial charge is 0.452 e. The van der Waals surface area contributed by atoms with Gasteiger partial charge in [-0.05, 0) is 30.2 Å². The number of hydrogen-bond acceptors (Lipinski definition) is 4. The van der Waals surface area contributed by atoms with E-state index in [1.807, 2.05) is 37.3 Å². The molecule has 0 fully saturated rings. The van der Waals surface area contributed by atoms with Crippen LogP contribution in [0.4, 0.5) is 0 Å². The zero-order valence-corrected chi connectivity index (χ0v) is 12.9. The van der Waals surface area contributed by atoms with Gasteiger partial charge in [0.05, 0.1) is 18.2 Å². The Labute approximate surface area is 134 Å². The van der Waals surface area contributed by atoms with Crippen LogP contribution in [0.5, 0.6) is 0 Å². The highest BCUT2D eigenvalue weighted by molar-refractivity contribution is 5.91. The number of esters is 1. The van der Waals surface area contributed by atoms with E-state index in [1.54, 1.807) is 24.3 Å². The van der Waals surface area contributed by atoms with Gasteiger partial charge in [-0.2, -0.15) is 0 Å². The van der Waals surface area contributed by atoms with Crippen molar-refractivity contribution in [1.82, 2.24) is 5.32 Å². The molecule has 120 valence electrons. The molecular formula is C18H19NO4. The van der Waals surface area contributed by atoms with Crippen LogP contribution in [0.1, 0.15) is 34.5 Å². The van der Waals surface area contributed by atoms with E-state index in [9.17, 15) is 9.59 Å². The second kappa shape index (κ2) is 8.10. The Kier molecular flexibility index (Phi) is 5.88. The van der Waals surface area contributed by atoms with Crippen LogP contribution in [0.15, 0.2) is 54.6 Å². The van der Waals surface area contributed by atoms with Gasteiger partial charge in [-0.15, -0.1) is 0 Å². The van der Waals surface area contributed by atoms with E-state index in [0.29, 0.717) is 11.1 Å². The van der Waals surface area contributed by atoms with E-state index >= 15 is 0 Å². The molecule has 0 aliphatic rings. The summed E-state index contributed by atoms with van der Waals surface area (Å²) in [6.45, 7) is 1.44. The molecule has 1 atom stereocenters. The van der Waals surface area contributed by atoms with E-state index < -0.39 is 5.97 Å². The maximum atomic E-state index is 11.8. The predicted molar refractivity (Wildman–Crippen MR) is 85.6 cm³/mol. The zero-order chi connectivity index (χ0) is 16.7. The summed E-state index contributed by atoms with van der Waals surface area (Å²) in [5.74, 6) is -0.932. The number of nitrogens with one attached hydrogen (secondary N) is 1. The molecule has 1 unspecified atom stereocenters. The first-order chi connectivity index (χ1) is 11.1. The molecule has 2 rings (SSSR count). The molecule has 0 heterocycles. The van der Waals surface area contributed by atoms with Crippen molar-refractivity contribution < 1.29 is 19.4 Å². The molecular weight excluding hydrogens is 294 g/mol. The Morgan fingerprint density at radius 2 is 1.74 bits per heavy atom. The Morgan fingerprint density at radius 3 is 2.35 bits per heavy atom. The number of ether oxygens (including phenoxy) is 1. The van der Waals surface area contributed by atoms with Crippen molar-refractivity contribution in [3.05, 3.63) is 71.3 Å². The summed E-state index contributed by atoms with van der Waals surface area (Å²) in [5, 5.41) is 11.7. The average molecular weight is 313 g/mol. The molecule has 0 aromatic heterocycles. The van der Waals surface area contributed by atoms with Gasteiger partial charge in [0, 0.05) is 0 Å². The van der Waals surface area contributed by atoms with Crippen molar-refractivity contribution in [2.24, 2.45) is 0 Å². The number of aliphatic hydroxyl groups excluding tert-OH is 1. The minimum Gasteiger partial charge on any atom is -0.452 e. The molecule has 2 aromatic carbocycles. The molecule has 0 aliphatic carbocycles. The fourth-order valence-electron chi connectivity index (χ4n) is 2.07. The summed E-state index contributed by atoms with van der Waals surface area (Å²) >= 11 is 0. The van der Waals surface area contributed by atoms with E-state index in [4.69, 9.17) is 9.84 Å². The van der Waals surface area contributed by atoms with Crippen LogP contribution in [0.3, 0.4) is 0 Å². The number of amides is 1. The van der Waals surface area contributed by atoms with Gasteiger partial charge in [0.15, 0.2) is 6.61 Å². The fraction of sp³-hybridized carbons (Fsp3) is 0.222. The molecule has 2 N–H and O–H groups in total. The minimum atomic E-state index is -0.572. The summed E-state index contributed by atoms with van der Waals surface area (Å²) in [4.78, 5) is 23.7. The molecule has 0 saturated carbocycles. The van der Waals surface area contributed by atoms with Crippen molar-refractivity contribution in [3.8, 4) is 0 Å². The van der Waals surface area contributed by atoms with Crippen molar-refractivity contribution in [2.75, 3.05) is 6.61 Å². The fourth-order valence-corrected chi connectivity index (χ4v) is 2.07. The lowest BCUT2D eigenvalue weighted by molar-refractivity contribution is -0.124. The van der Waals surface area contributed by atoms with Gasteiger partial charge in [0.2, 0.25) is 0 Å². The number of carbonyl (C=O) groups excluding carboxylic acids is 2. The number of carbonyl (C=O) groups is 2. The molecule has 0 bridgehead atoms. The van der Waals surface area contributed by atoms with Crippen LogP contribution >= 0.6 is 0 Å². The SMILES string of the molecule is CC(NC(=O)COC(=O)c1ccc(CO)cc1)c1ccccc1. The maximum Gasteiger partial charge on any atom is 0.338 e. The highest BCUT2D eigenvalue weighted by Gasteiger charge is 2.13. The lowest BCUT2D eigenvalue weighted by Gasteiger charge is -2.14. The highest BCUT2D eigenvalue weighted by atomic mass is 16.5. The van der Waals surface area contributed by atoms with Gasteiger partial charge in [-0.1, -0.05) is 42.5 Å². The summed E-state index contributed by atoms with van der Waals surface area (Å²) in [6, 6.07) is 15.7. The van der Waals surface area contributed by atoms with Crippen molar-refractivity contribution in [3.63, 3.8) is 0 Å². The molecule has 5 nitrogen and oxygen atoms in total. The Morgan fingerprint density at radius 1 is 1.09 bits per heavy atom. The standard InChI is InChI=1S/C18H19NO4/c1-13(15-5-3-2-4-6-15)19-17(21)12-23-18(22)16-9-7-14(11-20)8-10-16/h2-10,13,20H,11-12H2,1H3,(H,19,21). The quantitative estimate of drug-likeness (QED) is 0.802. The maximum absolute atomic E-state index is 11.8. The summed E-state index contributed by atoms with van der Waals surface area (Å²) in [7, 11) is 0. The number of aliphatic hydroxyl groups is 1. The third kappa shape index (κ3) is 4.93. The first-order valence-corrected chi connectivity index (χ1v) is 7.31. The monoisotopic (exact) mass is 313 g/mol. The summed E-state index contributed by atoms with van der Waals surface area (Å²) < 4.78 is 4.99. The first kappa shape index (κ1) is 16.7. The van der Waals surface area contributed by atoms with Gasteiger partial charge >= 0.3 is 5.97 Å². The Bertz CT molecular complexity index is 652. The van der Waals surface area contributed by atoms with E-state index in [0.717, 1.165) is 5.56 Å². The van der Waals surface area contributed by atoms with E-state index in [2.05, 4.69) is 5.32 Å². The number of hydrogen-bond donors (Lipinski definition) is 2. The molecule has 0 saturated heterocycles. The molecule has 0 spiro atoms. The normalized spacial score (nSPS) is 11.6. The molecule has 2 aromatic rings. The van der Waals surface area contributed by atoms with Gasteiger partial charge in [-0.3, -0.25) is 4.79 Å². The Balaban J connectivity index is 1.82.